The highest BCUT2D eigenvalue weighted by atomic mass is 19.4. The number of piperazine rings is 1. The van der Waals surface area contributed by atoms with E-state index in [1.165, 1.54) is 6.07 Å². The van der Waals surface area contributed by atoms with Crippen LogP contribution in [0.2, 0.25) is 0 Å². The minimum atomic E-state index is -4.50. The van der Waals surface area contributed by atoms with Crippen molar-refractivity contribution < 1.29 is 17.6 Å². The molecule has 1 aromatic carbocycles. The fourth-order valence-electron chi connectivity index (χ4n) is 3.50. The van der Waals surface area contributed by atoms with Gasteiger partial charge >= 0.3 is 6.18 Å². The molecule has 2 aromatic rings. The summed E-state index contributed by atoms with van der Waals surface area (Å²) in [5.74, 6) is -0.548. The average Bonchev–Trinajstić information content (AvgIpc) is 2.62. The first kappa shape index (κ1) is 17.2. The van der Waals surface area contributed by atoms with Gasteiger partial charge in [0.25, 0.3) is 0 Å². The summed E-state index contributed by atoms with van der Waals surface area (Å²) in [5.41, 5.74) is 1.21. The second-order valence-corrected chi connectivity index (χ2v) is 6.45. The summed E-state index contributed by atoms with van der Waals surface area (Å²) < 4.78 is 52.2. The predicted octanol–water partition coefficient (Wildman–Crippen LogP) is 2.88. The number of aromatic nitrogens is 2. The number of nitrogens with one attached hydrogen (secondary N) is 2. The Balaban J connectivity index is 1.58. The van der Waals surface area contributed by atoms with Crippen LogP contribution in [0.25, 0.3) is 0 Å². The van der Waals surface area contributed by atoms with Crippen LogP contribution in [0.5, 0.6) is 0 Å². The summed E-state index contributed by atoms with van der Waals surface area (Å²) in [6.45, 7) is 3.55. The fourth-order valence-corrected chi connectivity index (χ4v) is 3.50. The standard InChI is InChI=1S/C17H17F4N5/c18-13-6-12-10(1-3-26-4-2-22-9-15(12)26)5-14(13)25-16-23-7-11(8-24-16)17(19,20)21/h5-8,15,22H,1-4,9H2,(H,23,24,25). The van der Waals surface area contributed by atoms with Crippen molar-refractivity contribution in [2.45, 2.75) is 18.6 Å². The zero-order valence-corrected chi connectivity index (χ0v) is 13.8. The zero-order chi connectivity index (χ0) is 18.3. The van der Waals surface area contributed by atoms with Gasteiger partial charge < -0.3 is 10.6 Å². The first-order valence-corrected chi connectivity index (χ1v) is 8.35. The molecule has 2 aliphatic rings. The van der Waals surface area contributed by atoms with E-state index in [-0.39, 0.29) is 17.7 Å². The van der Waals surface area contributed by atoms with Gasteiger partial charge in [-0.05, 0) is 29.7 Å². The van der Waals surface area contributed by atoms with Crippen LogP contribution >= 0.6 is 0 Å². The third kappa shape index (κ3) is 3.24. The van der Waals surface area contributed by atoms with Crippen LogP contribution in [0, 0.1) is 5.82 Å². The number of alkyl halides is 3. The van der Waals surface area contributed by atoms with Gasteiger partial charge in [-0.15, -0.1) is 0 Å². The quantitative estimate of drug-likeness (QED) is 0.800. The van der Waals surface area contributed by atoms with Gasteiger partial charge in [0.15, 0.2) is 0 Å². The lowest BCUT2D eigenvalue weighted by Gasteiger charge is -2.41. The van der Waals surface area contributed by atoms with Gasteiger partial charge in [0.1, 0.15) is 5.82 Å². The molecule has 2 aliphatic heterocycles. The van der Waals surface area contributed by atoms with E-state index in [1.807, 2.05) is 0 Å². The number of anilines is 2. The van der Waals surface area contributed by atoms with Gasteiger partial charge in [-0.3, -0.25) is 4.90 Å². The number of fused-ring (bicyclic) bond motifs is 3. The highest BCUT2D eigenvalue weighted by molar-refractivity contribution is 5.58. The number of benzene rings is 1. The molecule has 0 amide bonds. The molecule has 138 valence electrons. The predicted molar refractivity (Wildman–Crippen MR) is 87.6 cm³/mol. The largest absolute Gasteiger partial charge is 0.419 e. The van der Waals surface area contributed by atoms with Crippen molar-refractivity contribution in [3.05, 3.63) is 47.0 Å². The van der Waals surface area contributed by atoms with Crippen molar-refractivity contribution in [3.63, 3.8) is 0 Å². The molecule has 4 rings (SSSR count). The highest BCUT2D eigenvalue weighted by Gasteiger charge is 2.32. The van der Waals surface area contributed by atoms with Crippen LogP contribution in [0.15, 0.2) is 24.5 Å². The van der Waals surface area contributed by atoms with Gasteiger partial charge in [-0.2, -0.15) is 13.2 Å². The first-order valence-electron chi connectivity index (χ1n) is 8.35. The summed E-state index contributed by atoms with van der Waals surface area (Å²) in [6.07, 6.45) is -2.35. The van der Waals surface area contributed by atoms with Gasteiger partial charge in [-0.1, -0.05) is 0 Å². The lowest BCUT2D eigenvalue weighted by molar-refractivity contribution is -0.138. The molecule has 1 unspecified atom stereocenters. The first-order chi connectivity index (χ1) is 12.4. The summed E-state index contributed by atoms with van der Waals surface area (Å²) in [5, 5.41) is 6.00. The summed E-state index contributed by atoms with van der Waals surface area (Å²) in [7, 11) is 0. The molecule has 0 spiro atoms. The van der Waals surface area contributed by atoms with Crippen LogP contribution in [0.3, 0.4) is 0 Å². The topological polar surface area (TPSA) is 53.1 Å². The van der Waals surface area contributed by atoms with Crippen molar-refractivity contribution in [2.75, 3.05) is 31.5 Å². The number of hydrogen-bond acceptors (Lipinski definition) is 5. The molecule has 1 fully saturated rings. The molecule has 1 aromatic heterocycles. The minimum absolute atomic E-state index is 0.0754. The maximum absolute atomic E-state index is 14.6. The number of rotatable bonds is 2. The Morgan fingerprint density at radius 3 is 2.65 bits per heavy atom. The van der Waals surface area contributed by atoms with E-state index in [4.69, 9.17) is 0 Å². The Hall–Kier alpha value is -2.26. The normalized spacial score (nSPS) is 20.4. The Bertz CT molecular complexity index is 806. The molecule has 2 N–H and O–H groups in total. The van der Waals surface area contributed by atoms with E-state index in [1.54, 1.807) is 6.07 Å². The molecule has 3 heterocycles. The second-order valence-electron chi connectivity index (χ2n) is 6.45. The second kappa shape index (κ2) is 6.48. The van der Waals surface area contributed by atoms with Crippen LogP contribution in [0.4, 0.5) is 29.2 Å². The van der Waals surface area contributed by atoms with Crippen LogP contribution in [0.1, 0.15) is 22.7 Å². The van der Waals surface area contributed by atoms with Crippen molar-refractivity contribution in [3.8, 4) is 0 Å². The molecule has 1 saturated heterocycles. The Kier molecular flexibility index (Phi) is 4.28. The third-order valence-corrected chi connectivity index (χ3v) is 4.84. The van der Waals surface area contributed by atoms with E-state index in [2.05, 4.69) is 25.5 Å². The monoisotopic (exact) mass is 367 g/mol. The maximum Gasteiger partial charge on any atom is 0.419 e. The SMILES string of the molecule is Fc1cc2c(cc1Nc1ncc(C(F)(F)F)cn1)CCN1CCNCC21. The van der Waals surface area contributed by atoms with E-state index in [9.17, 15) is 17.6 Å². The maximum atomic E-state index is 14.6. The number of hydrogen-bond donors (Lipinski definition) is 2. The molecular weight excluding hydrogens is 350 g/mol. The van der Waals surface area contributed by atoms with E-state index in [0.29, 0.717) is 12.4 Å². The van der Waals surface area contributed by atoms with Crippen LogP contribution in [-0.2, 0) is 12.6 Å². The lowest BCUT2D eigenvalue weighted by atomic mass is 9.90. The smallest absolute Gasteiger partial charge is 0.322 e. The fraction of sp³-hybridized carbons (Fsp3) is 0.412. The van der Waals surface area contributed by atoms with Gasteiger partial charge in [-0.25, -0.2) is 14.4 Å². The summed E-state index contributed by atoms with van der Waals surface area (Å²) >= 11 is 0. The molecule has 0 aliphatic carbocycles. The van der Waals surface area contributed by atoms with E-state index < -0.39 is 17.6 Å². The molecule has 0 radical (unpaired) electrons. The summed E-state index contributed by atoms with van der Waals surface area (Å²) in [6, 6.07) is 3.36. The zero-order valence-electron chi connectivity index (χ0n) is 13.8. The molecular formula is C17H17F4N5. The van der Waals surface area contributed by atoms with Crippen LogP contribution in [-0.4, -0.2) is 41.0 Å². The highest BCUT2D eigenvalue weighted by Crippen LogP contribution is 2.34. The van der Waals surface area contributed by atoms with E-state index in [0.717, 1.165) is 43.7 Å². The van der Waals surface area contributed by atoms with Gasteiger partial charge in [0.05, 0.1) is 11.3 Å². The molecule has 5 nitrogen and oxygen atoms in total. The molecule has 0 bridgehead atoms. The average molecular weight is 367 g/mol. The Morgan fingerprint density at radius 2 is 1.92 bits per heavy atom. The van der Waals surface area contributed by atoms with E-state index >= 15 is 0 Å². The number of nitrogens with zero attached hydrogens (tertiary/aromatic N) is 3. The third-order valence-electron chi connectivity index (χ3n) is 4.84. The lowest BCUT2D eigenvalue weighted by Crippen LogP contribution is -2.48. The number of halogens is 4. The summed E-state index contributed by atoms with van der Waals surface area (Å²) in [4.78, 5) is 9.60. The van der Waals surface area contributed by atoms with Crippen molar-refractivity contribution in [2.24, 2.45) is 0 Å². The van der Waals surface area contributed by atoms with Crippen molar-refractivity contribution >= 4 is 11.6 Å². The Morgan fingerprint density at radius 1 is 1.15 bits per heavy atom. The Labute approximate surface area is 147 Å². The van der Waals surface area contributed by atoms with Crippen LogP contribution < -0.4 is 10.6 Å². The molecule has 9 heteroatoms. The minimum Gasteiger partial charge on any atom is -0.322 e. The molecule has 0 saturated carbocycles. The van der Waals surface area contributed by atoms with Crippen molar-refractivity contribution in [1.29, 1.82) is 0 Å². The molecule has 1 atom stereocenters. The van der Waals surface area contributed by atoms with Crippen molar-refractivity contribution in [1.82, 2.24) is 20.2 Å². The van der Waals surface area contributed by atoms with Gasteiger partial charge in [0.2, 0.25) is 5.95 Å². The molecule has 26 heavy (non-hydrogen) atoms. The van der Waals surface area contributed by atoms with Gasteiger partial charge in [0, 0.05) is 44.6 Å².